The fraction of sp³-hybridized carbons (Fsp3) is 0.222. The first-order chi connectivity index (χ1) is 6.40. The second-order valence-electron chi connectivity index (χ2n) is 2.43. The van der Waals surface area contributed by atoms with E-state index in [-0.39, 0.29) is 0 Å². The zero-order valence-electron chi connectivity index (χ0n) is 7.19. The predicted molar refractivity (Wildman–Crippen MR) is 63.3 cm³/mol. The van der Waals surface area contributed by atoms with Crippen molar-refractivity contribution in [3.05, 3.63) is 24.3 Å². The van der Waals surface area contributed by atoms with Crippen molar-refractivity contribution in [2.24, 2.45) is 4.01 Å². The molecule has 0 spiro atoms. The van der Waals surface area contributed by atoms with Crippen molar-refractivity contribution in [1.29, 1.82) is 0 Å². The van der Waals surface area contributed by atoms with Crippen LogP contribution in [0.4, 0.5) is 0 Å². The van der Waals surface area contributed by atoms with Crippen molar-refractivity contribution in [3.63, 3.8) is 0 Å². The summed E-state index contributed by atoms with van der Waals surface area (Å²) >= 11 is 3.96. The number of rotatable bonds is 1. The topological polar surface area (TPSA) is 12.4 Å². The summed E-state index contributed by atoms with van der Waals surface area (Å²) in [6.07, 6.45) is 0. The Balaban J connectivity index is 2.18. The first-order valence-corrected chi connectivity index (χ1v) is 7.47. The quantitative estimate of drug-likeness (QED) is 0.727. The van der Waals surface area contributed by atoms with E-state index in [0.29, 0.717) is 15.2 Å². The molecule has 68 valence electrons. The first-order valence-electron chi connectivity index (χ1n) is 4.05. The summed E-state index contributed by atoms with van der Waals surface area (Å²) in [6, 6.07) is 8.56. The minimum absolute atomic E-state index is 0.305. The summed E-state index contributed by atoms with van der Waals surface area (Å²) in [6.45, 7) is 2.17. The van der Waals surface area contributed by atoms with Crippen LogP contribution in [-0.4, -0.2) is 25.3 Å². The molecule has 1 aromatic carbocycles. The SMILES string of the molecule is CCSC1=N[Se]c2ccccc2S1. The van der Waals surface area contributed by atoms with Crippen molar-refractivity contribution >= 4 is 47.5 Å². The van der Waals surface area contributed by atoms with E-state index < -0.39 is 0 Å². The molecule has 1 nitrogen and oxygen atoms in total. The Morgan fingerprint density at radius 2 is 2.31 bits per heavy atom. The third kappa shape index (κ3) is 2.32. The van der Waals surface area contributed by atoms with E-state index in [2.05, 4.69) is 35.2 Å². The van der Waals surface area contributed by atoms with Gasteiger partial charge in [-0.3, -0.25) is 0 Å². The molecule has 13 heavy (non-hydrogen) atoms. The molecule has 0 unspecified atom stereocenters. The Bertz CT molecular complexity index is 338. The molecule has 0 radical (unpaired) electrons. The Hall–Kier alpha value is 0.109. The van der Waals surface area contributed by atoms with Crippen LogP contribution in [0.1, 0.15) is 6.92 Å². The van der Waals surface area contributed by atoms with Gasteiger partial charge < -0.3 is 0 Å². The molecule has 4 heteroatoms. The summed E-state index contributed by atoms with van der Waals surface area (Å²) in [5.74, 6) is 1.12. The average Bonchev–Trinajstić information content (AvgIpc) is 2.18. The second-order valence-corrected chi connectivity index (χ2v) is 6.66. The molecule has 1 heterocycles. The second kappa shape index (κ2) is 4.56. The summed E-state index contributed by atoms with van der Waals surface area (Å²) < 4.78 is 7.22. The number of fused-ring (bicyclic) bond motifs is 1. The molecular weight excluding hydrogens is 265 g/mol. The maximum atomic E-state index is 4.57. The molecule has 0 aromatic heterocycles. The Kier molecular flexibility index (Phi) is 3.39. The zero-order valence-corrected chi connectivity index (χ0v) is 10.5. The summed E-state index contributed by atoms with van der Waals surface area (Å²) in [7, 11) is 0. The molecule has 1 aromatic rings. The maximum absolute atomic E-state index is 4.57. The van der Waals surface area contributed by atoms with Gasteiger partial charge in [0.2, 0.25) is 0 Å². The van der Waals surface area contributed by atoms with Gasteiger partial charge in [-0.25, -0.2) is 0 Å². The number of nitrogens with zero attached hydrogens (tertiary/aromatic N) is 1. The molecule has 0 atom stereocenters. The number of hydrogen-bond donors (Lipinski definition) is 0. The molecule has 0 saturated carbocycles. The summed E-state index contributed by atoms with van der Waals surface area (Å²) in [5.41, 5.74) is 0. The monoisotopic (exact) mass is 275 g/mol. The van der Waals surface area contributed by atoms with Gasteiger partial charge in [0.25, 0.3) is 0 Å². The fourth-order valence-electron chi connectivity index (χ4n) is 0.988. The van der Waals surface area contributed by atoms with E-state index in [0.717, 1.165) is 5.75 Å². The molecule has 1 aliphatic rings. The van der Waals surface area contributed by atoms with E-state index >= 15 is 0 Å². The average molecular weight is 274 g/mol. The van der Waals surface area contributed by atoms with Gasteiger partial charge in [0.1, 0.15) is 0 Å². The Morgan fingerprint density at radius 3 is 3.15 bits per heavy atom. The van der Waals surface area contributed by atoms with Crippen LogP contribution in [0.25, 0.3) is 0 Å². The van der Waals surface area contributed by atoms with Crippen molar-refractivity contribution < 1.29 is 0 Å². The van der Waals surface area contributed by atoms with Gasteiger partial charge >= 0.3 is 93.4 Å². The van der Waals surface area contributed by atoms with Crippen LogP contribution in [0.15, 0.2) is 33.2 Å². The molecule has 2 rings (SSSR count). The van der Waals surface area contributed by atoms with Crippen LogP contribution in [0.5, 0.6) is 0 Å². The van der Waals surface area contributed by atoms with Crippen LogP contribution in [0, 0.1) is 0 Å². The Morgan fingerprint density at radius 1 is 1.46 bits per heavy atom. The van der Waals surface area contributed by atoms with E-state index in [1.54, 1.807) is 0 Å². The van der Waals surface area contributed by atoms with Gasteiger partial charge in [0, 0.05) is 0 Å². The van der Waals surface area contributed by atoms with Gasteiger partial charge in [0.05, 0.1) is 0 Å². The predicted octanol–water partition coefficient (Wildman–Crippen LogP) is 2.15. The van der Waals surface area contributed by atoms with Gasteiger partial charge in [-0.1, -0.05) is 0 Å². The normalized spacial score (nSPS) is 15.0. The molecule has 0 saturated heterocycles. The summed E-state index contributed by atoms with van der Waals surface area (Å²) in [4.78, 5) is 1.40. The third-order valence-corrected chi connectivity index (χ3v) is 6.15. The molecular formula is C9H9NS2Se. The van der Waals surface area contributed by atoms with Crippen LogP contribution < -0.4 is 4.46 Å². The van der Waals surface area contributed by atoms with E-state index in [9.17, 15) is 0 Å². The molecule has 0 fully saturated rings. The van der Waals surface area contributed by atoms with Crippen molar-refractivity contribution in [2.45, 2.75) is 11.8 Å². The molecule has 0 N–H and O–H groups in total. The standard InChI is InChI=1S/C9H9NS2Se/c1-2-11-9-10-13-8-6-4-3-5-7(8)12-9/h3-6H,2H2,1H3. The van der Waals surface area contributed by atoms with Crippen LogP contribution in [0.3, 0.4) is 0 Å². The number of hydrogen-bond acceptors (Lipinski definition) is 3. The van der Waals surface area contributed by atoms with Gasteiger partial charge in [0.15, 0.2) is 0 Å². The third-order valence-electron chi connectivity index (χ3n) is 1.53. The summed E-state index contributed by atoms with van der Waals surface area (Å²) in [5, 5.41) is 0. The Labute approximate surface area is 93.2 Å². The van der Waals surface area contributed by atoms with Gasteiger partial charge in [-0.2, -0.15) is 0 Å². The van der Waals surface area contributed by atoms with Gasteiger partial charge in [-0.15, -0.1) is 0 Å². The van der Waals surface area contributed by atoms with E-state index in [1.807, 2.05) is 23.5 Å². The molecule has 0 bridgehead atoms. The fourth-order valence-corrected chi connectivity index (χ4v) is 5.08. The van der Waals surface area contributed by atoms with Gasteiger partial charge in [-0.05, 0) is 0 Å². The van der Waals surface area contributed by atoms with Crippen LogP contribution in [0.2, 0.25) is 0 Å². The van der Waals surface area contributed by atoms with Crippen molar-refractivity contribution in [3.8, 4) is 0 Å². The zero-order chi connectivity index (χ0) is 9.10. The van der Waals surface area contributed by atoms with E-state index in [4.69, 9.17) is 0 Å². The van der Waals surface area contributed by atoms with Crippen molar-refractivity contribution in [2.75, 3.05) is 5.75 Å². The van der Waals surface area contributed by atoms with Crippen LogP contribution in [-0.2, 0) is 0 Å². The molecule has 1 aliphatic heterocycles. The first kappa shape index (κ1) is 9.66. The molecule has 0 aliphatic carbocycles. The van der Waals surface area contributed by atoms with Crippen LogP contribution >= 0.6 is 23.5 Å². The van der Waals surface area contributed by atoms with Crippen molar-refractivity contribution in [1.82, 2.24) is 0 Å². The molecule has 0 amide bonds. The minimum atomic E-state index is 0.305. The number of benzene rings is 1. The number of thioether (sulfide) groups is 2. The van der Waals surface area contributed by atoms with E-state index in [1.165, 1.54) is 13.7 Å².